The van der Waals surface area contributed by atoms with Gasteiger partial charge in [-0.2, -0.15) is 0 Å². The third-order valence-electron chi connectivity index (χ3n) is 6.33. The Balaban J connectivity index is 4.66. The van der Waals surface area contributed by atoms with E-state index in [0.29, 0.717) is 23.9 Å². The summed E-state index contributed by atoms with van der Waals surface area (Å²) < 4.78 is 33.8. The van der Waals surface area contributed by atoms with E-state index < -0.39 is 32.5 Å². The number of nitrogens with zero attached hydrogens (tertiary/aromatic N) is 1. The summed E-state index contributed by atoms with van der Waals surface area (Å²) in [5.41, 5.74) is 0. The van der Waals surface area contributed by atoms with Gasteiger partial charge in [-0.25, -0.2) is 4.57 Å². The smallest absolute Gasteiger partial charge is 0.461 e. The van der Waals surface area contributed by atoms with Crippen LogP contribution in [0.15, 0.2) is 72.9 Å². The van der Waals surface area contributed by atoms with Gasteiger partial charge in [0.15, 0.2) is 6.10 Å². The predicted molar refractivity (Wildman–Crippen MR) is 187 cm³/mol. The van der Waals surface area contributed by atoms with Crippen LogP contribution >= 0.6 is 7.82 Å². The van der Waals surface area contributed by atoms with E-state index in [2.05, 4.69) is 50.3 Å². The molecule has 0 saturated heterocycles. The quantitative estimate of drug-likeness (QED) is 0.0222. The summed E-state index contributed by atoms with van der Waals surface area (Å²) in [5, 5.41) is 0. The number of phosphoric acid groups is 1. The van der Waals surface area contributed by atoms with Gasteiger partial charge < -0.3 is 18.9 Å². The van der Waals surface area contributed by atoms with Crippen molar-refractivity contribution in [3.05, 3.63) is 72.9 Å². The highest BCUT2D eigenvalue weighted by molar-refractivity contribution is 7.47. The van der Waals surface area contributed by atoms with Crippen LogP contribution in [-0.4, -0.2) is 74.9 Å². The Labute approximate surface area is 278 Å². The number of allylic oxidation sites excluding steroid dienone is 11. The van der Waals surface area contributed by atoms with E-state index in [1.165, 1.54) is 0 Å². The summed E-state index contributed by atoms with van der Waals surface area (Å²) in [7, 11) is 1.40. The number of ether oxygens (including phenoxy) is 2. The number of likely N-dealkylation sites (N-methyl/N-ethyl adjacent to an activating group) is 1. The molecule has 0 aromatic rings. The highest BCUT2D eigenvalue weighted by Gasteiger charge is 2.26. The van der Waals surface area contributed by atoms with Gasteiger partial charge in [-0.15, -0.1) is 0 Å². The average Bonchev–Trinajstić information content (AvgIpc) is 2.99. The molecule has 0 aromatic heterocycles. The average molecular weight is 667 g/mol. The molecule has 0 aromatic carbocycles. The van der Waals surface area contributed by atoms with E-state index in [4.69, 9.17) is 18.5 Å². The van der Waals surface area contributed by atoms with Crippen molar-refractivity contribution in [3.63, 3.8) is 0 Å². The van der Waals surface area contributed by atoms with Crippen LogP contribution in [-0.2, 0) is 32.7 Å². The highest BCUT2D eigenvalue weighted by atomic mass is 31.2. The molecule has 0 bridgehead atoms. The van der Waals surface area contributed by atoms with Crippen molar-refractivity contribution >= 4 is 19.8 Å². The van der Waals surface area contributed by atoms with Gasteiger partial charge in [-0.1, -0.05) is 106 Å². The van der Waals surface area contributed by atoms with Crippen molar-refractivity contribution in [3.8, 4) is 0 Å². The maximum Gasteiger partial charge on any atom is 0.472 e. The number of quaternary nitrogens is 1. The summed E-state index contributed by atoms with van der Waals surface area (Å²) in [5.74, 6) is -0.978. The molecule has 0 fully saturated rings. The van der Waals surface area contributed by atoms with Gasteiger partial charge in [-0.3, -0.25) is 18.6 Å². The molecule has 0 spiro atoms. The first kappa shape index (κ1) is 43.5. The summed E-state index contributed by atoms with van der Waals surface area (Å²) >= 11 is 0. The lowest BCUT2D eigenvalue weighted by molar-refractivity contribution is -0.870. The molecule has 9 nitrogen and oxygen atoms in total. The Morgan fingerprint density at radius 1 is 0.717 bits per heavy atom. The number of hydrogen-bond acceptors (Lipinski definition) is 7. The molecule has 0 aliphatic rings. The standard InChI is InChI=1S/C36H60NO8P/c1-6-8-10-12-14-16-17-18-19-21-23-25-27-29-36(39)45-34(33-44-46(40,41)43-31-30-37(3,4)5)32-42-35(38)28-26-24-22-20-15-13-11-9-7-2/h8-12,14-17,20,24,26,34H,6-7,13,18-19,21-23,25,27-33H2,1-5H3/p+1/b10-8+,11-9+,14-12+,17-16+,20-15+,26-24+. The van der Waals surface area contributed by atoms with Crippen LogP contribution in [0.5, 0.6) is 0 Å². The fourth-order valence-corrected chi connectivity index (χ4v) is 4.46. The van der Waals surface area contributed by atoms with Gasteiger partial charge in [0.2, 0.25) is 0 Å². The van der Waals surface area contributed by atoms with Gasteiger partial charge in [0.25, 0.3) is 0 Å². The molecular formula is C36H61NO8P+. The zero-order valence-electron chi connectivity index (χ0n) is 29.0. The van der Waals surface area contributed by atoms with Crippen LogP contribution in [0, 0.1) is 0 Å². The van der Waals surface area contributed by atoms with Crippen LogP contribution in [0.25, 0.3) is 0 Å². The van der Waals surface area contributed by atoms with Crippen molar-refractivity contribution in [1.82, 2.24) is 0 Å². The zero-order chi connectivity index (χ0) is 34.4. The highest BCUT2D eigenvalue weighted by Crippen LogP contribution is 2.43. The first-order valence-corrected chi connectivity index (χ1v) is 18.2. The second-order valence-electron chi connectivity index (χ2n) is 11.9. The minimum atomic E-state index is -4.39. The maximum absolute atomic E-state index is 12.5. The van der Waals surface area contributed by atoms with Crippen molar-refractivity contribution in [2.75, 3.05) is 47.5 Å². The Hall–Kier alpha value is -2.55. The van der Waals surface area contributed by atoms with Gasteiger partial charge in [0, 0.05) is 6.42 Å². The molecule has 2 atom stereocenters. The van der Waals surface area contributed by atoms with Crippen molar-refractivity contribution in [2.45, 2.75) is 97.0 Å². The van der Waals surface area contributed by atoms with Crippen molar-refractivity contribution < 1.29 is 42.1 Å². The number of hydrogen-bond donors (Lipinski definition) is 1. The molecule has 0 rings (SSSR count). The number of esters is 2. The first-order valence-electron chi connectivity index (χ1n) is 16.7. The molecule has 0 radical (unpaired) electrons. The van der Waals surface area contributed by atoms with Gasteiger partial charge in [0.1, 0.15) is 19.8 Å². The molecule has 10 heteroatoms. The van der Waals surface area contributed by atoms with E-state index in [0.717, 1.165) is 51.4 Å². The molecular weight excluding hydrogens is 605 g/mol. The SMILES string of the molecule is CC/C=C/C=C/C=C/CCCCCCCC(=O)OC(COC(=O)C/C=C/C/C=C/C/C=C/CC)COP(=O)(O)OCC[N+](C)(C)C. The fraction of sp³-hybridized carbons (Fsp3) is 0.611. The normalized spacial score (nSPS) is 14.8. The van der Waals surface area contributed by atoms with Gasteiger partial charge in [-0.05, 0) is 44.9 Å². The monoisotopic (exact) mass is 666 g/mol. The number of unbranched alkanes of at least 4 members (excludes halogenated alkanes) is 5. The van der Waals surface area contributed by atoms with Gasteiger partial charge in [0.05, 0.1) is 34.2 Å². The minimum absolute atomic E-state index is 0.0116. The van der Waals surface area contributed by atoms with Crippen LogP contribution in [0.4, 0.5) is 0 Å². The Kier molecular flexibility index (Phi) is 27.1. The van der Waals surface area contributed by atoms with Crippen LogP contribution in [0.1, 0.15) is 90.9 Å². The van der Waals surface area contributed by atoms with Gasteiger partial charge >= 0.3 is 19.8 Å². The third kappa shape index (κ3) is 31.4. The van der Waals surface area contributed by atoms with Crippen molar-refractivity contribution in [2.24, 2.45) is 0 Å². The molecule has 2 unspecified atom stereocenters. The van der Waals surface area contributed by atoms with Crippen LogP contribution in [0.3, 0.4) is 0 Å². The lowest BCUT2D eigenvalue weighted by atomic mass is 10.1. The first-order chi connectivity index (χ1) is 22.0. The fourth-order valence-electron chi connectivity index (χ4n) is 3.72. The van der Waals surface area contributed by atoms with E-state index in [-0.39, 0.29) is 26.1 Å². The number of rotatable bonds is 28. The van der Waals surface area contributed by atoms with E-state index in [1.807, 2.05) is 51.5 Å². The summed E-state index contributed by atoms with van der Waals surface area (Å²) in [6, 6.07) is 0. The molecule has 262 valence electrons. The Bertz CT molecular complexity index is 1020. The Morgan fingerprint density at radius 2 is 1.33 bits per heavy atom. The second-order valence-corrected chi connectivity index (χ2v) is 13.3. The molecule has 0 amide bonds. The molecule has 1 N–H and O–H groups in total. The molecule has 0 aliphatic heterocycles. The topological polar surface area (TPSA) is 108 Å². The second kappa shape index (κ2) is 28.7. The van der Waals surface area contributed by atoms with E-state index in [9.17, 15) is 19.0 Å². The van der Waals surface area contributed by atoms with Crippen molar-refractivity contribution in [1.29, 1.82) is 0 Å². The lowest BCUT2D eigenvalue weighted by Crippen LogP contribution is -2.37. The molecule has 0 heterocycles. The number of carbonyl (C=O) groups is 2. The zero-order valence-corrected chi connectivity index (χ0v) is 29.9. The summed E-state index contributed by atoms with van der Waals surface area (Å²) in [4.78, 5) is 34.9. The van der Waals surface area contributed by atoms with Crippen LogP contribution < -0.4 is 0 Å². The third-order valence-corrected chi connectivity index (χ3v) is 7.31. The summed E-state index contributed by atoms with van der Waals surface area (Å²) in [6.45, 7) is 3.96. The molecule has 0 aliphatic carbocycles. The molecule has 46 heavy (non-hydrogen) atoms. The molecule has 0 saturated carbocycles. The summed E-state index contributed by atoms with van der Waals surface area (Å²) in [6.07, 6.45) is 32.9. The van der Waals surface area contributed by atoms with Crippen LogP contribution in [0.2, 0.25) is 0 Å². The number of phosphoric ester groups is 1. The largest absolute Gasteiger partial charge is 0.472 e. The lowest BCUT2D eigenvalue weighted by Gasteiger charge is -2.24. The Morgan fingerprint density at radius 3 is 2.00 bits per heavy atom. The number of carbonyl (C=O) groups excluding carboxylic acids is 2. The van der Waals surface area contributed by atoms with E-state index >= 15 is 0 Å². The minimum Gasteiger partial charge on any atom is -0.461 e. The predicted octanol–water partition coefficient (Wildman–Crippen LogP) is 8.34. The van der Waals surface area contributed by atoms with E-state index in [1.54, 1.807) is 6.08 Å². The maximum atomic E-state index is 12.5.